The van der Waals surface area contributed by atoms with Gasteiger partial charge in [0.15, 0.2) is 0 Å². The van der Waals surface area contributed by atoms with Crippen molar-refractivity contribution in [2.24, 2.45) is 11.7 Å². The molecule has 1 heterocycles. The van der Waals surface area contributed by atoms with Crippen molar-refractivity contribution >= 4 is 17.5 Å². The quantitative estimate of drug-likeness (QED) is 0.914. The first kappa shape index (κ1) is 13.4. The van der Waals surface area contributed by atoms with Crippen LogP contribution in [-0.4, -0.2) is 30.4 Å². The Balaban J connectivity index is 2.02. The lowest BCUT2D eigenvalue weighted by Gasteiger charge is -2.32. The molecular formula is C14H19ClN2O. The van der Waals surface area contributed by atoms with Gasteiger partial charge in [0, 0.05) is 23.7 Å². The SMILES string of the molecule is NCCC1CCCN(C(=O)c2ccc(Cl)cc2)C1. The number of carbonyl (C=O) groups is 1. The Labute approximate surface area is 113 Å². The molecule has 4 heteroatoms. The van der Waals surface area contributed by atoms with Crippen molar-refractivity contribution in [1.29, 1.82) is 0 Å². The summed E-state index contributed by atoms with van der Waals surface area (Å²) >= 11 is 5.83. The maximum atomic E-state index is 12.3. The molecule has 0 aromatic heterocycles. The zero-order valence-corrected chi connectivity index (χ0v) is 11.2. The Morgan fingerprint density at radius 1 is 1.39 bits per heavy atom. The fourth-order valence-electron chi connectivity index (χ4n) is 2.50. The molecule has 2 rings (SSSR count). The molecule has 1 saturated heterocycles. The van der Waals surface area contributed by atoms with Crippen LogP contribution in [0.25, 0.3) is 0 Å². The minimum Gasteiger partial charge on any atom is -0.338 e. The van der Waals surface area contributed by atoms with Gasteiger partial charge in [-0.05, 0) is 56.0 Å². The Morgan fingerprint density at radius 2 is 2.11 bits per heavy atom. The second-order valence-corrected chi connectivity index (χ2v) is 5.28. The Bertz CT molecular complexity index is 403. The van der Waals surface area contributed by atoms with E-state index in [0.717, 1.165) is 25.9 Å². The zero-order chi connectivity index (χ0) is 13.0. The molecule has 2 N–H and O–H groups in total. The molecule has 0 radical (unpaired) electrons. The van der Waals surface area contributed by atoms with E-state index in [1.165, 1.54) is 6.42 Å². The number of amides is 1. The molecule has 1 aliphatic rings. The van der Waals surface area contributed by atoms with Gasteiger partial charge in [0.2, 0.25) is 0 Å². The predicted octanol–water partition coefficient (Wildman–Crippen LogP) is 2.54. The van der Waals surface area contributed by atoms with E-state index in [0.29, 0.717) is 23.0 Å². The molecule has 18 heavy (non-hydrogen) atoms. The van der Waals surface area contributed by atoms with Crippen LogP contribution in [0.1, 0.15) is 29.6 Å². The van der Waals surface area contributed by atoms with Gasteiger partial charge in [0.25, 0.3) is 5.91 Å². The molecule has 1 unspecified atom stereocenters. The zero-order valence-electron chi connectivity index (χ0n) is 10.4. The summed E-state index contributed by atoms with van der Waals surface area (Å²) in [6, 6.07) is 7.10. The van der Waals surface area contributed by atoms with E-state index in [4.69, 9.17) is 17.3 Å². The largest absolute Gasteiger partial charge is 0.338 e. The summed E-state index contributed by atoms with van der Waals surface area (Å²) in [7, 11) is 0. The lowest BCUT2D eigenvalue weighted by molar-refractivity contribution is 0.0669. The monoisotopic (exact) mass is 266 g/mol. The minimum atomic E-state index is 0.105. The van der Waals surface area contributed by atoms with E-state index in [-0.39, 0.29) is 5.91 Å². The van der Waals surface area contributed by atoms with Gasteiger partial charge in [0.05, 0.1) is 0 Å². The number of likely N-dealkylation sites (tertiary alicyclic amines) is 1. The van der Waals surface area contributed by atoms with Gasteiger partial charge < -0.3 is 10.6 Å². The molecule has 98 valence electrons. The summed E-state index contributed by atoms with van der Waals surface area (Å²) < 4.78 is 0. The van der Waals surface area contributed by atoms with Crippen LogP contribution in [0.4, 0.5) is 0 Å². The second kappa shape index (κ2) is 6.21. The molecular weight excluding hydrogens is 248 g/mol. The van der Waals surface area contributed by atoms with Crippen molar-refractivity contribution in [2.45, 2.75) is 19.3 Å². The Morgan fingerprint density at radius 3 is 2.78 bits per heavy atom. The third kappa shape index (κ3) is 3.24. The van der Waals surface area contributed by atoms with Gasteiger partial charge in [-0.2, -0.15) is 0 Å². The third-order valence-electron chi connectivity index (χ3n) is 3.47. The maximum Gasteiger partial charge on any atom is 0.253 e. The first-order valence-electron chi connectivity index (χ1n) is 6.45. The smallest absolute Gasteiger partial charge is 0.253 e. The lowest BCUT2D eigenvalue weighted by atomic mass is 9.94. The number of halogens is 1. The molecule has 1 atom stereocenters. The molecule has 1 amide bonds. The number of benzene rings is 1. The second-order valence-electron chi connectivity index (χ2n) is 4.84. The normalized spacial score (nSPS) is 19.9. The molecule has 1 aliphatic heterocycles. The van der Waals surface area contributed by atoms with Gasteiger partial charge in [-0.1, -0.05) is 11.6 Å². The van der Waals surface area contributed by atoms with Crippen LogP contribution in [0.2, 0.25) is 5.02 Å². The lowest BCUT2D eigenvalue weighted by Crippen LogP contribution is -2.40. The number of piperidine rings is 1. The Kier molecular flexibility index (Phi) is 4.61. The van der Waals surface area contributed by atoms with E-state index < -0.39 is 0 Å². The van der Waals surface area contributed by atoms with Crippen LogP contribution >= 0.6 is 11.6 Å². The molecule has 1 aromatic carbocycles. The van der Waals surface area contributed by atoms with Crippen molar-refractivity contribution in [1.82, 2.24) is 4.90 Å². The van der Waals surface area contributed by atoms with Crippen molar-refractivity contribution in [2.75, 3.05) is 19.6 Å². The number of nitrogens with two attached hydrogens (primary N) is 1. The van der Waals surface area contributed by atoms with Crippen molar-refractivity contribution < 1.29 is 4.79 Å². The van der Waals surface area contributed by atoms with E-state index in [1.54, 1.807) is 24.3 Å². The molecule has 1 fully saturated rings. The highest BCUT2D eigenvalue weighted by Gasteiger charge is 2.23. The molecule has 0 aliphatic carbocycles. The highest BCUT2D eigenvalue weighted by Crippen LogP contribution is 2.21. The average Bonchev–Trinajstić information content (AvgIpc) is 2.39. The Hall–Kier alpha value is -1.06. The number of hydrogen-bond donors (Lipinski definition) is 1. The average molecular weight is 267 g/mol. The first-order valence-corrected chi connectivity index (χ1v) is 6.83. The number of rotatable bonds is 3. The van der Waals surface area contributed by atoms with Crippen LogP contribution in [0.3, 0.4) is 0 Å². The fraction of sp³-hybridized carbons (Fsp3) is 0.500. The number of carbonyl (C=O) groups excluding carboxylic acids is 1. The van der Waals surface area contributed by atoms with E-state index >= 15 is 0 Å². The summed E-state index contributed by atoms with van der Waals surface area (Å²) in [5.74, 6) is 0.661. The van der Waals surface area contributed by atoms with Gasteiger partial charge >= 0.3 is 0 Å². The topological polar surface area (TPSA) is 46.3 Å². The summed E-state index contributed by atoms with van der Waals surface area (Å²) in [4.78, 5) is 14.2. The molecule has 0 spiro atoms. The van der Waals surface area contributed by atoms with Gasteiger partial charge in [0.1, 0.15) is 0 Å². The van der Waals surface area contributed by atoms with E-state index in [1.807, 2.05) is 4.90 Å². The van der Waals surface area contributed by atoms with Crippen molar-refractivity contribution in [3.05, 3.63) is 34.9 Å². The molecule has 3 nitrogen and oxygen atoms in total. The highest BCUT2D eigenvalue weighted by molar-refractivity contribution is 6.30. The third-order valence-corrected chi connectivity index (χ3v) is 3.72. The van der Waals surface area contributed by atoms with Gasteiger partial charge in [-0.25, -0.2) is 0 Å². The summed E-state index contributed by atoms with van der Waals surface area (Å²) in [5.41, 5.74) is 6.31. The van der Waals surface area contributed by atoms with Gasteiger partial charge in [-0.15, -0.1) is 0 Å². The molecule has 0 saturated carbocycles. The van der Waals surface area contributed by atoms with Crippen molar-refractivity contribution in [3.63, 3.8) is 0 Å². The first-order chi connectivity index (χ1) is 8.70. The number of nitrogens with zero attached hydrogens (tertiary/aromatic N) is 1. The minimum absolute atomic E-state index is 0.105. The van der Waals surface area contributed by atoms with Crippen LogP contribution in [0.5, 0.6) is 0 Å². The predicted molar refractivity (Wildman–Crippen MR) is 73.8 cm³/mol. The summed E-state index contributed by atoms with van der Waals surface area (Å²) in [6.07, 6.45) is 3.26. The van der Waals surface area contributed by atoms with Crippen LogP contribution < -0.4 is 5.73 Å². The van der Waals surface area contributed by atoms with E-state index in [2.05, 4.69) is 0 Å². The highest BCUT2D eigenvalue weighted by atomic mass is 35.5. The van der Waals surface area contributed by atoms with Crippen LogP contribution in [-0.2, 0) is 0 Å². The van der Waals surface area contributed by atoms with Gasteiger partial charge in [-0.3, -0.25) is 4.79 Å². The standard InChI is InChI=1S/C14H19ClN2O/c15-13-5-3-12(4-6-13)14(18)17-9-1-2-11(10-17)7-8-16/h3-6,11H,1-2,7-10,16H2. The van der Waals surface area contributed by atoms with Crippen molar-refractivity contribution in [3.8, 4) is 0 Å². The van der Waals surface area contributed by atoms with Crippen LogP contribution in [0.15, 0.2) is 24.3 Å². The molecule has 0 bridgehead atoms. The van der Waals surface area contributed by atoms with E-state index in [9.17, 15) is 4.79 Å². The van der Waals surface area contributed by atoms with Crippen LogP contribution in [0, 0.1) is 5.92 Å². The summed E-state index contributed by atoms with van der Waals surface area (Å²) in [6.45, 7) is 2.38. The maximum absolute atomic E-state index is 12.3. The number of hydrogen-bond acceptors (Lipinski definition) is 2. The fourth-order valence-corrected chi connectivity index (χ4v) is 2.62. The molecule has 1 aromatic rings. The summed E-state index contributed by atoms with van der Waals surface area (Å²) in [5, 5.41) is 0.659.